The first kappa shape index (κ1) is 25.0. The van der Waals surface area contributed by atoms with Crippen LogP contribution in [0.4, 0.5) is 43.4 Å². The van der Waals surface area contributed by atoms with Gasteiger partial charge in [0.05, 0.1) is 0 Å². The van der Waals surface area contributed by atoms with Gasteiger partial charge in [0.15, 0.2) is 0 Å². The zero-order valence-electron chi connectivity index (χ0n) is 8.73. The summed E-state index contributed by atoms with van der Waals surface area (Å²) in [4.78, 5) is 0. The van der Waals surface area contributed by atoms with Crippen molar-refractivity contribution < 1.29 is 60.2 Å². The molecule has 0 saturated heterocycles. The van der Waals surface area contributed by atoms with Crippen LogP contribution in [-0.4, -0.2) is 91.5 Å². The monoisotopic (exact) mass is 421 g/mol. The molecule has 0 aliphatic heterocycles. The van der Waals surface area contributed by atoms with Crippen LogP contribution in [0.25, 0.3) is 0 Å². The summed E-state index contributed by atoms with van der Waals surface area (Å²) in [6.45, 7) is 0. The number of sulfonamides is 1. The second kappa shape index (κ2) is 6.60. The van der Waals surface area contributed by atoms with Crippen LogP contribution in [0.1, 0.15) is 0 Å². The SMILES string of the molecule is O=S(=O)(F)NS(=O)(=O)C(F)(F)C(F)(F)C(F)(F)C(F)(F)F.[KH]. The Bertz CT molecular complexity index is 609. The normalized spacial score (nSPS) is 15.4. The molecular formula is C4H2F10KNO4S2. The zero-order chi connectivity index (χ0) is 17.7. The Balaban J connectivity index is 0. The third-order valence-electron chi connectivity index (χ3n) is 1.66. The molecule has 0 aliphatic rings. The quantitative estimate of drug-likeness (QED) is 0.407. The summed E-state index contributed by atoms with van der Waals surface area (Å²) < 4.78 is 161. The van der Waals surface area contributed by atoms with Gasteiger partial charge >= 0.3 is 85.1 Å². The fraction of sp³-hybridized carbons (Fsp3) is 1.00. The summed E-state index contributed by atoms with van der Waals surface area (Å²) in [5.41, 5.74) is 0. The average Bonchev–Trinajstić information content (AvgIpc) is 2.10. The van der Waals surface area contributed by atoms with E-state index in [1.165, 1.54) is 0 Å². The fourth-order valence-corrected chi connectivity index (χ4v) is 2.65. The molecule has 0 aromatic heterocycles. The van der Waals surface area contributed by atoms with Gasteiger partial charge in [-0.2, -0.15) is 47.9 Å². The average molecular weight is 421 g/mol. The minimum atomic E-state index is -7.64. The number of nitrogens with one attached hydrogen (secondary N) is 1. The molecule has 0 amide bonds. The van der Waals surface area contributed by atoms with Gasteiger partial charge in [-0.25, -0.2) is 8.42 Å². The van der Waals surface area contributed by atoms with Gasteiger partial charge in [0.25, 0.3) is 10.0 Å². The van der Waals surface area contributed by atoms with Crippen molar-refractivity contribution in [2.24, 2.45) is 0 Å². The van der Waals surface area contributed by atoms with Gasteiger partial charge in [-0.15, -0.1) is 0 Å². The third-order valence-corrected chi connectivity index (χ3v) is 4.27. The van der Waals surface area contributed by atoms with E-state index >= 15 is 0 Å². The molecule has 1 N–H and O–H groups in total. The topological polar surface area (TPSA) is 80.3 Å². The number of alkyl halides is 9. The van der Waals surface area contributed by atoms with E-state index in [2.05, 4.69) is 0 Å². The molecule has 0 rings (SSSR count). The maximum absolute atomic E-state index is 12.7. The van der Waals surface area contributed by atoms with Crippen LogP contribution in [0, 0.1) is 0 Å². The van der Waals surface area contributed by atoms with Gasteiger partial charge < -0.3 is 0 Å². The molecule has 0 aromatic carbocycles. The van der Waals surface area contributed by atoms with Crippen molar-refractivity contribution in [2.45, 2.75) is 23.3 Å². The first-order chi connectivity index (χ1) is 8.71. The molecule has 0 radical (unpaired) electrons. The summed E-state index contributed by atoms with van der Waals surface area (Å²) in [6.07, 6.45) is -7.32. The van der Waals surface area contributed by atoms with Crippen LogP contribution >= 0.6 is 0 Å². The standard InChI is InChI=1S/C4HF10NO4S2.K.H/c5-1(6,3(9,10)11)2(7,8)4(12,13)20(16,17)15-21(14,18)19;;/h15H;;. The van der Waals surface area contributed by atoms with Crippen molar-refractivity contribution in [1.82, 2.24) is 4.13 Å². The van der Waals surface area contributed by atoms with Crippen molar-refractivity contribution in [2.75, 3.05) is 0 Å². The Hall–Kier alpha value is 0.796. The molecule has 0 aromatic rings. The van der Waals surface area contributed by atoms with Gasteiger partial charge in [-0.05, 0) is 0 Å². The Morgan fingerprint density at radius 1 is 0.682 bits per heavy atom. The van der Waals surface area contributed by atoms with Gasteiger partial charge in [-0.1, -0.05) is 8.01 Å². The Morgan fingerprint density at radius 3 is 1.23 bits per heavy atom. The van der Waals surface area contributed by atoms with Crippen LogP contribution in [0.5, 0.6) is 0 Å². The zero-order valence-corrected chi connectivity index (χ0v) is 10.4. The Morgan fingerprint density at radius 2 is 1.00 bits per heavy atom. The molecule has 0 unspecified atom stereocenters. The number of rotatable bonds is 5. The van der Waals surface area contributed by atoms with E-state index in [4.69, 9.17) is 0 Å². The first-order valence-electron chi connectivity index (χ1n) is 3.88. The minimum absolute atomic E-state index is 0. The predicted octanol–water partition coefficient (Wildman–Crippen LogP) is 0.897. The number of hydrogen-bond donors (Lipinski definition) is 1. The van der Waals surface area contributed by atoms with Crippen molar-refractivity contribution in [3.05, 3.63) is 0 Å². The summed E-state index contributed by atoms with van der Waals surface area (Å²) in [6, 6.07) is 0. The van der Waals surface area contributed by atoms with E-state index in [-0.39, 0.29) is 51.4 Å². The van der Waals surface area contributed by atoms with Gasteiger partial charge in [0.2, 0.25) is 0 Å². The predicted molar refractivity (Wildman–Crippen MR) is 50.1 cm³/mol. The van der Waals surface area contributed by atoms with Gasteiger partial charge in [-0.3, -0.25) is 0 Å². The Kier molecular flexibility index (Phi) is 7.51. The summed E-state index contributed by atoms with van der Waals surface area (Å²) in [7, 11) is -14.2. The molecule has 0 fully saturated rings. The first-order valence-corrected chi connectivity index (χ1v) is 6.75. The summed E-state index contributed by atoms with van der Waals surface area (Å²) >= 11 is 0. The van der Waals surface area contributed by atoms with Gasteiger partial charge in [0.1, 0.15) is 0 Å². The van der Waals surface area contributed by atoms with Crippen LogP contribution in [-0.2, 0) is 20.4 Å². The van der Waals surface area contributed by atoms with Crippen molar-refractivity contribution in [3.8, 4) is 0 Å². The number of hydrogen-bond acceptors (Lipinski definition) is 4. The van der Waals surface area contributed by atoms with E-state index in [1.807, 2.05) is 0 Å². The van der Waals surface area contributed by atoms with E-state index in [9.17, 15) is 60.2 Å². The molecule has 0 atom stereocenters. The second-order valence-corrected chi connectivity index (χ2v) is 6.25. The third kappa shape index (κ3) is 4.45. The molecule has 130 valence electrons. The fourth-order valence-electron chi connectivity index (χ4n) is 0.713. The van der Waals surface area contributed by atoms with E-state index < -0.39 is 47.8 Å². The van der Waals surface area contributed by atoms with Crippen LogP contribution in [0.15, 0.2) is 0 Å². The van der Waals surface area contributed by atoms with E-state index in [0.29, 0.717) is 0 Å². The van der Waals surface area contributed by atoms with Crippen molar-refractivity contribution in [1.29, 1.82) is 0 Å². The molecule has 0 aliphatic carbocycles. The van der Waals surface area contributed by atoms with Crippen molar-refractivity contribution >= 4 is 71.8 Å². The summed E-state index contributed by atoms with van der Waals surface area (Å²) in [5, 5.41) is -7.32. The second-order valence-electron chi connectivity index (χ2n) is 3.19. The molecule has 22 heavy (non-hydrogen) atoms. The Labute approximate surface area is 158 Å². The van der Waals surface area contributed by atoms with E-state index in [0.717, 1.165) is 0 Å². The molecule has 18 heteroatoms. The van der Waals surface area contributed by atoms with Crippen LogP contribution in [0.2, 0.25) is 0 Å². The molecule has 0 saturated carbocycles. The van der Waals surface area contributed by atoms with Crippen molar-refractivity contribution in [3.63, 3.8) is 0 Å². The molecule has 5 nitrogen and oxygen atoms in total. The molecule has 0 spiro atoms. The van der Waals surface area contributed by atoms with E-state index in [1.54, 1.807) is 0 Å². The molecule has 0 bridgehead atoms. The van der Waals surface area contributed by atoms with Crippen LogP contribution in [0.3, 0.4) is 0 Å². The maximum atomic E-state index is 12.7. The number of halogens is 10. The molecule has 0 heterocycles. The van der Waals surface area contributed by atoms with Gasteiger partial charge in [0, 0.05) is 0 Å². The van der Waals surface area contributed by atoms with Crippen LogP contribution < -0.4 is 4.13 Å². The molecular weight excluding hydrogens is 419 g/mol. The summed E-state index contributed by atoms with van der Waals surface area (Å²) in [5.74, 6) is -15.2.